The summed E-state index contributed by atoms with van der Waals surface area (Å²) in [6.45, 7) is 1.73. The van der Waals surface area contributed by atoms with Crippen molar-refractivity contribution in [3.63, 3.8) is 0 Å². The van der Waals surface area contributed by atoms with E-state index in [1.54, 1.807) is 0 Å². The number of rotatable bonds is 12. The molecule has 0 atom stereocenters. The third-order valence-corrected chi connectivity index (χ3v) is 16.8. The normalized spacial score (nSPS) is 15.4. The molecule has 0 saturated heterocycles. The molecule has 4 aromatic heterocycles. The lowest BCUT2D eigenvalue weighted by Crippen LogP contribution is -2.33. The zero-order valence-corrected chi connectivity index (χ0v) is 34.0. The Hall–Kier alpha value is -3.64. The van der Waals surface area contributed by atoms with Gasteiger partial charge >= 0.3 is 0 Å². The molecule has 0 bridgehead atoms. The van der Waals surface area contributed by atoms with E-state index >= 15 is 0 Å². The van der Waals surface area contributed by atoms with Gasteiger partial charge in [0.15, 0.2) is 50.3 Å². The van der Waals surface area contributed by atoms with Crippen LogP contribution in [-0.2, 0) is 31.6 Å². The molecule has 0 spiro atoms. The molecule has 0 unspecified atom stereocenters. The van der Waals surface area contributed by atoms with Crippen molar-refractivity contribution in [2.75, 3.05) is 0 Å². The number of hydrogen-bond donors (Lipinski definition) is 0. The van der Waals surface area contributed by atoms with Gasteiger partial charge in [0, 0.05) is 71.4 Å². The Morgan fingerprint density at radius 2 is 0.849 bits per heavy atom. The zero-order chi connectivity index (χ0) is 35.8. The maximum atomic E-state index is 4.12. The highest BCUT2D eigenvalue weighted by Gasteiger charge is 2.22. The second-order valence-corrected chi connectivity index (χ2v) is 19.5. The molecule has 2 aliphatic rings. The second-order valence-electron chi connectivity index (χ2n) is 12.6. The first-order chi connectivity index (χ1) is 26.1. The van der Waals surface area contributed by atoms with Gasteiger partial charge in [-0.15, -0.1) is 23.5 Å². The van der Waals surface area contributed by atoms with E-state index in [-0.39, 0.29) is 0 Å². The highest BCUT2D eigenvalue weighted by atomic mass is 32.2. The standard InChI is InChI=1S/C43H37N4S6/c1-45-20-12-37(13-21-45)39-16-24-47(25-17-39)27-33-4-8-35(9-5-33)29-49-41-31-51-43(53-41)42-50-30-40(52-42)48-28-34-6-2-32(3-7-34)26-46-22-14-38(15-23-46)36-10-18-44-19-11-36/h2-25,30-31H,26-29H2,1H3/q+3. The first-order valence-corrected chi connectivity index (χ1v) is 22.6. The van der Waals surface area contributed by atoms with Gasteiger partial charge in [-0.1, -0.05) is 95.6 Å². The Kier molecular flexibility index (Phi) is 12.1. The summed E-state index contributed by atoms with van der Waals surface area (Å²) in [7, 11) is 2.04. The lowest BCUT2D eigenvalue weighted by Gasteiger charge is -2.06. The van der Waals surface area contributed by atoms with Gasteiger partial charge in [0.2, 0.25) is 0 Å². The largest absolute Gasteiger partial charge is 0.265 e. The summed E-state index contributed by atoms with van der Waals surface area (Å²) in [6, 6.07) is 35.3. The van der Waals surface area contributed by atoms with Crippen molar-refractivity contribution in [3.05, 3.63) is 197 Å². The minimum atomic E-state index is 0.860. The predicted molar refractivity (Wildman–Crippen MR) is 230 cm³/mol. The number of pyridine rings is 4. The molecule has 262 valence electrons. The number of benzene rings is 2. The molecule has 6 aromatic rings. The molecule has 53 heavy (non-hydrogen) atoms. The summed E-state index contributed by atoms with van der Waals surface area (Å²) in [5, 5.41) is 4.64. The van der Waals surface area contributed by atoms with E-state index in [1.807, 2.05) is 102 Å². The highest BCUT2D eigenvalue weighted by molar-refractivity contribution is 8.39. The van der Waals surface area contributed by atoms with Crippen molar-refractivity contribution in [2.24, 2.45) is 7.05 Å². The summed E-state index contributed by atoms with van der Waals surface area (Å²) >= 11 is 11.5. The van der Waals surface area contributed by atoms with Gasteiger partial charge in [-0.2, -0.15) is 0 Å². The van der Waals surface area contributed by atoms with Crippen LogP contribution in [0.4, 0.5) is 0 Å². The smallest absolute Gasteiger partial charge is 0.173 e. The molecule has 4 nitrogen and oxygen atoms in total. The first-order valence-electron chi connectivity index (χ1n) is 17.2. The first kappa shape index (κ1) is 36.3. The Bertz CT molecular complexity index is 2250. The molecule has 2 aromatic carbocycles. The Morgan fingerprint density at radius 1 is 0.472 bits per heavy atom. The Morgan fingerprint density at radius 3 is 1.28 bits per heavy atom. The average Bonchev–Trinajstić information content (AvgIpc) is 3.89. The maximum Gasteiger partial charge on any atom is 0.173 e. The van der Waals surface area contributed by atoms with Crippen LogP contribution in [0.3, 0.4) is 0 Å². The second kappa shape index (κ2) is 17.7. The molecule has 0 aliphatic carbocycles. The van der Waals surface area contributed by atoms with E-state index in [0.717, 1.165) is 24.6 Å². The van der Waals surface area contributed by atoms with Gasteiger partial charge in [-0.3, -0.25) is 4.98 Å². The van der Waals surface area contributed by atoms with E-state index in [2.05, 4.69) is 152 Å². The average molecular weight is 802 g/mol. The summed E-state index contributed by atoms with van der Waals surface area (Å²) in [4.78, 5) is 4.12. The van der Waals surface area contributed by atoms with E-state index in [1.165, 1.54) is 61.5 Å². The zero-order valence-electron chi connectivity index (χ0n) is 29.1. The van der Waals surface area contributed by atoms with Gasteiger partial charge < -0.3 is 0 Å². The minimum Gasteiger partial charge on any atom is -0.265 e. The Labute approximate surface area is 337 Å². The van der Waals surface area contributed by atoms with Crippen molar-refractivity contribution in [3.8, 4) is 22.3 Å². The fourth-order valence-electron chi connectivity index (χ4n) is 5.75. The Balaban J connectivity index is 0.756. The van der Waals surface area contributed by atoms with E-state index < -0.39 is 0 Å². The number of thioether (sulfide) groups is 6. The van der Waals surface area contributed by atoms with Crippen LogP contribution in [0.1, 0.15) is 22.3 Å². The molecular formula is C43H37N4S6+3. The van der Waals surface area contributed by atoms with Gasteiger partial charge in [0.1, 0.15) is 7.05 Å². The third-order valence-electron chi connectivity index (χ3n) is 8.72. The van der Waals surface area contributed by atoms with E-state index in [9.17, 15) is 0 Å². The molecule has 6 heterocycles. The summed E-state index contributed by atoms with van der Waals surface area (Å²) in [5.41, 5.74) is 10.2. The fraction of sp³-hybridized carbons (Fsp3) is 0.116. The summed E-state index contributed by atoms with van der Waals surface area (Å²) in [6.07, 6.45) is 16.5. The lowest BCUT2D eigenvalue weighted by molar-refractivity contribution is -0.688. The van der Waals surface area contributed by atoms with Crippen LogP contribution in [0, 0.1) is 0 Å². The van der Waals surface area contributed by atoms with Crippen LogP contribution in [0.5, 0.6) is 0 Å². The van der Waals surface area contributed by atoms with E-state index in [4.69, 9.17) is 0 Å². The molecule has 0 saturated carbocycles. The van der Waals surface area contributed by atoms with Crippen molar-refractivity contribution in [1.82, 2.24) is 4.98 Å². The minimum absolute atomic E-state index is 0.860. The van der Waals surface area contributed by atoms with Gasteiger partial charge in [0.05, 0.1) is 16.9 Å². The van der Waals surface area contributed by atoms with Crippen LogP contribution < -0.4 is 13.7 Å². The third kappa shape index (κ3) is 9.92. The van der Waals surface area contributed by atoms with Gasteiger partial charge in [-0.25, -0.2) is 13.7 Å². The van der Waals surface area contributed by atoms with E-state index in [0.29, 0.717) is 0 Å². The molecule has 2 aliphatic heterocycles. The van der Waals surface area contributed by atoms with Gasteiger partial charge in [0.25, 0.3) is 0 Å². The maximum absolute atomic E-state index is 4.12. The van der Waals surface area contributed by atoms with Gasteiger partial charge in [-0.05, 0) is 56.3 Å². The molecule has 0 fully saturated rings. The fourth-order valence-corrected chi connectivity index (χ4v) is 13.3. The molecule has 0 N–H and O–H groups in total. The predicted octanol–water partition coefficient (Wildman–Crippen LogP) is 10.8. The number of nitrogens with zero attached hydrogens (tertiary/aromatic N) is 4. The van der Waals surface area contributed by atoms with Crippen molar-refractivity contribution in [2.45, 2.75) is 24.6 Å². The van der Waals surface area contributed by atoms with Crippen LogP contribution in [0.15, 0.2) is 174 Å². The van der Waals surface area contributed by atoms with Crippen LogP contribution in [0.25, 0.3) is 22.3 Å². The molecule has 10 heteroatoms. The SMILES string of the molecule is C[n+]1ccc(-c2cc[n+](Cc3ccc(CSC4=CSC(=C5SC=C(SCc6ccc(C[n+]7ccc(-c8ccncc8)cc7)cc6)S5)S4)cc3)cc2)cc1. The summed E-state index contributed by atoms with van der Waals surface area (Å²) < 4.78 is 12.1. The monoisotopic (exact) mass is 801 g/mol. The van der Waals surface area contributed by atoms with Crippen molar-refractivity contribution >= 4 is 70.6 Å². The van der Waals surface area contributed by atoms with Crippen LogP contribution in [0.2, 0.25) is 0 Å². The van der Waals surface area contributed by atoms with Crippen molar-refractivity contribution in [1.29, 1.82) is 0 Å². The number of hydrogen-bond acceptors (Lipinski definition) is 7. The lowest BCUT2D eigenvalue weighted by atomic mass is 10.1. The molecular weight excluding hydrogens is 765 g/mol. The summed E-state index contributed by atoms with van der Waals surface area (Å²) in [5.74, 6) is 1.96. The van der Waals surface area contributed by atoms with Crippen LogP contribution in [-0.4, -0.2) is 4.98 Å². The van der Waals surface area contributed by atoms with Crippen molar-refractivity contribution < 1.29 is 13.7 Å². The quantitative estimate of drug-likeness (QED) is 0.114. The molecule has 0 amide bonds. The highest BCUT2D eigenvalue weighted by Crippen LogP contribution is 2.59. The topological polar surface area (TPSA) is 24.5 Å². The molecule has 8 rings (SSSR count). The van der Waals surface area contributed by atoms with Crippen LogP contribution >= 0.6 is 70.6 Å². The molecule has 0 radical (unpaired) electrons. The number of aryl methyl sites for hydroxylation is 1. The number of aromatic nitrogens is 4.